The predicted molar refractivity (Wildman–Crippen MR) is 205 cm³/mol. The summed E-state index contributed by atoms with van der Waals surface area (Å²) in [6.45, 7) is 3.95. The average Bonchev–Trinajstić information content (AvgIpc) is 3.09. The lowest BCUT2D eigenvalue weighted by Gasteiger charge is -2.15. The maximum atomic E-state index is 12.1. The summed E-state index contributed by atoms with van der Waals surface area (Å²) in [6, 6.07) is 0. The first-order chi connectivity index (χ1) is 23.6. The van der Waals surface area contributed by atoms with Crippen molar-refractivity contribution in [3.05, 3.63) is 72.9 Å². The van der Waals surface area contributed by atoms with Crippen LogP contribution < -0.4 is 0 Å². The first-order valence-electron chi connectivity index (χ1n) is 19.5. The lowest BCUT2D eigenvalue weighted by atomic mass is 10.1. The van der Waals surface area contributed by atoms with Crippen LogP contribution in [0.15, 0.2) is 72.9 Å². The smallest absolute Gasteiger partial charge is 0.306 e. The van der Waals surface area contributed by atoms with Crippen molar-refractivity contribution < 1.29 is 24.2 Å². The van der Waals surface area contributed by atoms with E-state index in [1.807, 2.05) is 0 Å². The molecule has 0 saturated heterocycles. The van der Waals surface area contributed by atoms with Gasteiger partial charge in [0.15, 0.2) is 6.10 Å². The lowest BCUT2D eigenvalue weighted by molar-refractivity contribution is -0.161. The Morgan fingerprint density at radius 1 is 0.500 bits per heavy atom. The van der Waals surface area contributed by atoms with Crippen LogP contribution in [0.4, 0.5) is 0 Å². The van der Waals surface area contributed by atoms with Gasteiger partial charge in [0.05, 0.1) is 6.61 Å². The van der Waals surface area contributed by atoms with Gasteiger partial charge in [0.1, 0.15) is 6.61 Å². The van der Waals surface area contributed by atoms with Gasteiger partial charge in [-0.05, 0) is 83.5 Å². The van der Waals surface area contributed by atoms with Crippen molar-refractivity contribution in [1.29, 1.82) is 0 Å². The van der Waals surface area contributed by atoms with E-state index < -0.39 is 6.10 Å². The Labute approximate surface area is 295 Å². The summed E-state index contributed by atoms with van der Waals surface area (Å²) in [6.07, 6.45) is 51.0. The van der Waals surface area contributed by atoms with Crippen LogP contribution in [0.2, 0.25) is 0 Å². The number of unbranched alkanes of at least 4 members (excludes halogenated alkanes) is 14. The Hall–Kier alpha value is -2.66. The summed E-state index contributed by atoms with van der Waals surface area (Å²) in [7, 11) is 0. The van der Waals surface area contributed by atoms with E-state index in [0.717, 1.165) is 70.6 Å². The Morgan fingerprint density at radius 3 is 1.40 bits per heavy atom. The summed E-state index contributed by atoms with van der Waals surface area (Å²) in [5.41, 5.74) is 0. The van der Waals surface area contributed by atoms with Gasteiger partial charge in [-0.2, -0.15) is 0 Å². The molecule has 0 fully saturated rings. The van der Waals surface area contributed by atoms with Gasteiger partial charge in [0.2, 0.25) is 0 Å². The SMILES string of the molecule is CCC=CCC=CCC=CCC=CCCCCC(=O)OC(CO)COC(=O)CCCCCCCCCCCC=CCC=CCCCCC. The highest BCUT2D eigenvalue weighted by Gasteiger charge is 2.16. The quantitative estimate of drug-likeness (QED) is 0.0420. The molecule has 0 amide bonds. The van der Waals surface area contributed by atoms with Crippen molar-refractivity contribution in [3.8, 4) is 0 Å². The monoisotopic (exact) mass is 669 g/mol. The Bertz CT molecular complexity index is 895. The molecule has 0 aromatic rings. The van der Waals surface area contributed by atoms with E-state index in [1.165, 1.54) is 70.6 Å². The van der Waals surface area contributed by atoms with Gasteiger partial charge < -0.3 is 14.6 Å². The molecule has 0 rings (SSSR count). The molecular formula is C43H72O5. The summed E-state index contributed by atoms with van der Waals surface area (Å²) in [5, 5.41) is 9.54. The van der Waals surface area contributed by atoms with E-state index >= 15 is 0 Å². The van der Waals surface area contributed by atoms with Crippen molar-refractivity contribution in [3.63, 3.8) is 0 Å². The number of carbonyl (C=O) groups is 2. The van der Waals surface area contributed by atoms with Gasteiger partial charge in [-0.1, -0.05) is 145 Å². The zero-order valence-electron chi connectivity index (χ0n) is 31.0. The second kappa shape index (κ2) is 38.8. The molecular weight excluding hydrogens is 596 g/mol. The molecule has 48 heavy (non-hydrogen) atoms. The molecule has 0 spiro atoms. The second-order valence-corrected chi connectivity index (χ2v) is 12.6. The van der Waals surface area contributed by atoms with Crippen LogP contribution >= 0.6 is 0 Å². The third kappa shape index (κ3) is 36.2. The molecule has 274 valence electrons. The van der Waals surface area contributed by atoms with E-state index in [9.17, 15) is 14.7 Å². The third-order valence-corrected chi connectivity index (χ3v) is 7.98. The fourth-order valence-electron chi connectivity index (χ4n) is 5.04. The molecule has 0 aliphatic heterocycles. The molecule has 1 N–H and O–H groups in total. The van der Waals surface area contributed by atoms with Crippen LogP contribution in [0.5, 0.6) is 0 Å². The number of hydrogen-bond acceptors (Lipinski definition) is 5. The molecule has 0 aromatic carbocycles. The number of aliphatic hydroxyl groups is 1. The maximum absolute atomic E-state index is 12.1. The largest absolute Gasteiger partial charge is 0.462 e. The topological polar surface area (TPSA) is 72.8 Å². The Balaban J connectivity index is 3.64. The molecule has 5 heteroatoms. The van der Waals surface area contributed by atoms with Crippen molar-refractivity contribution >= 4 is 11.9 Å². The molecule has 0 saturated carbocycles. The number of hydrogen-bond donors (Lipinski definition) is 1. The minimum atomic E-state index is -0.797. The van der Waals surface area contributed by atoms with Gasteiger partial charge in [0, 0.05) is 12.8 Å². The van der Waals surface area contributed by atoms with Crippen molar-refractivity contribution in [2.75, 3.05) is 13.2 Å². The van der Waals surface area contributed by atoms with Crippen LogP contribution in [0.1, 0.15) is 168 Å². The van der Waals surface area contributed by atoms with Crippen molar-refractivity contribution in [2.24, 2.45) is 0 Å². The van der Waals surface area contributed by atoms with E-state index in [-0.39, 0.29) is 25.2 Å². The maximum Gasteiger partial charge on any atom is 0.306 e. The first-order valence-corrected chi connectivity index (χ1v) is 19.5. The molecule has 0 radical (unpaired) electrons. The summed E-state index contributed by atoms with van der Waals surface area (Å²) in [5.74, 6) is -0.650. The zero-order valence-corrected chi connectivity index (χ0v) is 31.0. The number of allylic oxidation sites excluding steroid dienone is 12. The van der Waals surface area contributed by atoms with Crippen LogP contribution in [-0.4, -0.2) is 36.4 Å². The Morgan fingerprint density at radius 2 is 0.896 bits per heavy atom. The van der Waals surface area contributed by atoms with E-state index in [2.05, 4.69) is 86.8 Å². The molecule has 0 bridgehead atoms. The minimum Gasteiger partial charge on any atom is -0.462 e. The highest BCUT2D eigenvalue weighted by Crippen LogP contribution is 2.12. The molecule has 0 aliphatic rings. The number of ether oxygens (including phenoxy) is 2. The third-order valence-electron chi connectivity index (χ3n) is 7.98. The molecule has 0 heterocycles. The summed E-state index contributed by atoms with van der Waals surface area (Å²) >= 11 is 0. The number of aliphatic hydroxyl groups excluding tert-OH is 1. The van der Waals surface area contributed by atoms with E-state index in [4.69, 9.17) is 9.47 Å². The zero-order chi connectivity index (χ0) is 35.0. The van der Waals surface area contributed by atoms with Gasteiger partial charge in [-0.25, -0.2) is 0 Å². The fraction of sp³-hybridized carbons (Fsp3) is 0.674. The number of esters is 2. The standard InChI is InChI=1S/C43H72O5/c1-3-5-7-9-11-13-15-17-19-20-21-22-24-25-27-29-31-33-35-37-42(45)47-40-41(39-44)48-43(46)38-36-34-32-30-28-26-23-18-16-14-12-10-8-6-4-2/h6,8,11-14,17-19,23,28,30,41,44H,3-5,7,9-10,15-16,20-22,24-27,29,31-40H2,1-2H3. The van der Waals surface area contributed by atoms with Crippen molar-refractivity contribution in [1.82, 2.24) is 0 Å². The predicted octanol–water partition coefficient (Wildman–Crippen LogP) is 12.2. The normalized spacial score (nSPS) is 13.0. The van der Waals surface area contributed by atoms with Crippen LogP contribution in [0.25, 0.3) is 0 Å². The van der Waals surface area contributed by atoms with Crippen LogP contribution in [-0.2, 0) is 19.1 Å². The molecule has 0 aliphatic carbocycles. The second-order valence-electron chi connectivity index (χ2n) is 12.6. The van der Waals surface area contributed by atoms with Gasteiger partial charge in [-0.3, -0.25) is 9.59 Å². The van der Waals surface area contributed by atoms with Crippen LogP contribution in [0.3, 0.4) is 0 Å². The summed E-state index contributed by atoms with van der Waals surface area (Å²) in [4.78, 5) is 24.2. The highest BCUT2D eigenvalue weighted by molar-refractivity contribution is 5.70. The molecule has 1 unspecified atom stereocenters. The molecule has 5 nitrogen and oxygen atoms in total. The lowest BCUT2D eigenvalue weighted by Crippen LogP contribution is -2.28. The fourth-order valence-corrected chi connectivity index (χ4v) is 5.04. The molecule has 0 aromatic heterocycles. The number of carbonyl (C=O) groups excluding carboxylic acids is 2. The van der Waals surface area contributed by atoms with E-state index in [1.54, 1.807) is 0 Å². The average molecular weight is 669 g/mol. The van der Waals surface area contributed by atoms with Crippen LogP contribution in [0, 0.1) is 0 Å². The van der Waals surface area contributed by atoms with Gasteiger partial charge in [0.25, 0.3) is 0 Å². The van der Waals surface area contributed by atoms with Crippen molar-refractivity contribution in [2.45, 2.75) is 174 Å². The minimum absolute atomic E-state index is 0.0883. The Kier molecular flexibility index (Phi) is 36.6. The number of rotatable bonds is 34. The van der Waals surface area contributed by atoms with E-state index in [0.29, 0.717) is 12.8 Å². The highest BCUT2D eigenvalue weighted by atomic mass is 16.6. The summed E-state index contributed by atoms with van der Waals surface area (Å²) < 4.78 is 10.6. The van der Waals surface area contributed by atoms with Gasteiger partial charge >= 0.3 is 11.9 Å². The first kappa shape index (κ1) is 45.3. The van der Waals surface area contributed by atoms with Gasteiger partial charge in [-0.15, -0.1) is 0 Å². The molecule has 1 atom stereocenters.